The molecule has 1 aromatic carbocycles. The van der Waals surface area contributed by atoms with Gasteiger partial charge in [0, 0.05) is 5.57 Å². The first-order valence-corrected chi connectivity index (χ1v) is 8.44. The Morgan fingerprint density at radius 3 is 2.20 bits per heavy atom. The fourth-order valence-corrected chi connectivity index (χ4v) is 2.49. The van der Waals surface area contributed by atoms with Crippen LogP contribution in [0.15, 0.2) is 52.7 Å². The zero-order valence-electron chi connectivity index (χ0n) is 15.7. The lowest BCUT2D eigenvalue weighted by molar-refractivity contribution is -0.111. The molecule has 0 amide bonds. The molecule has 0 aliphatic heterocycles. The molecule has 1 aromatic rings. The Hall–Kier alpha value is -2.49. The second-order valence-electron chi connectivity index (χ2n) is 7.63. The first kappa shape index (κ1) is 18.8. The summed E-state index contributed by atoms with van der Waals surface area (Å²) < 4.78 is 0. The van der Waals surface area contributed by atoms with E-state index in [0.29, 0.717) is 22.4 Å². The molecule has 0 N–H and O–H groups in total. The number of hydrogen-bond acceptors (Lipinski definition) is 4. The number of rotatable bonds is 3. The standard InChI is InChI=1S/C21H25NO3/c1-13(2)17-12-18(14(3)11-19(17)23)22-25-20(24)15-7-9-16(10-8-15)21(4,5)6/h7-13H,1-6H3/b22-18+. The normalized spacial score (nSPS) is 16.8. The average molecular weight is 339 g/mol. The van der Waals surface area contributed by atoms with Crippen LogP contribution in [0.1, 0.15) is 57.5 Å². The lowest BCUT2D eigenvalue weighted by Crippen LogP contribution is -2.16. The number of hydrogen-bond donors (Lipinski definition) is 0. The highest BCUT2D eigenvalue weighted by Crippen LogP contribution is 2.23. The predicted molar refractivity (Wildman–Crippen MR) is 99.7 cm³/mol. The highest BCUT2D eigenvalue weighted by Gasteiger charge is 2.20. The minimum atomic E-state index is -0.517. The van der Waals surface area contributed by atoms with E-state index in [-0.39, 0.29) is 17.1 Å². The van der Waals surface area contributed by atoms with Crippen molar-refractivity contribution in [2.75, 3.05) is 0 Å². The number of carbonyl (C=O) groups is 2. The van der Waals surface area contributed by atoms with E-state index in [2.05, 4.69) is 25.9 Å². The van der Waals surface area contributed by atoms with Gasteiger partial charge in [-0.1, -0.05) is 51.9 Å². The van der Waals surface area contributed by atoms with Crippen molar-refractivity contribution < 1.29 is 14.4 Å². The SMILES string of the molecule is CC1=CC(=O)C(C(C)C)=C/C1=N\OC(=O)c1ccc(C(C)(C)C)cc1. The molecule has 0 bridgehead atoms. The maximum Gasteiger partial charge on any atom is 0.365 e. The van der Waals surface area contributed by atoms with Crippen molar-refractivity contribution >= 4 is 17.5 Å². The molecule has 0 radical (unpaired) electrons. The zero-order valence-corrected chi connectivity index (χ0v) is 15.7. The summed E-state index contributed by atoms with van der Waals surface area (Å²) in [5, 5.41) is 3.95. The van der Waals surface area contributed by atoms with Crippen LogP contribution in [0.25, 0.3) is 0 Å². The van der Waals surface area contributed by atoms with Gasteiger partial charge in [0.15, 0.2) is 5.78 Å². The maximum absolute atomic E-state index is 12.2. The predicted octanol–water partition coefficient (Wildman–Crippen LogP) is 4.61. The molecule has 2 rings (SSSR count). The van der Waals surface area contributed by atoms with E-state index in [0.717, 1.165) is 5.56 Å². The molecular weight excluding hydrogens is 314 g/mol. The van der Waals surface area contributed by atoms with Gasteiger partial charge in [0.2, 0.25) is 0 Å². The van der Waals surface area contributed by atoms with E-state index in [9.17, 15) is 9.59 Å². The van der Waals surface area contributed by atoms with Crippen LogP contribution in [0.4, 0.5) is 0 Å². The molecule has 0 aromatic heterocycles. The Morgan fingerprint density at radius 2 is 1.68 bits per heavy atom. The molecule has 0 atom stereocenters. The Balaban J connectivity index is 2.16. The summed E-state index contributed by atoms with van der Waals surface area (Å²) in [4.78, 5) is 29.2. The molecule has 0 saturated carbocycles. The largest absolute Gasteiger partial charge is 0.365 e. The highest BCUT2D eigenvalue weighted by atomic mass is 16.7. The number of benzene rings is 1. The molecule has 0 spiro atoms. The minimum absolute atomic E-state index is 0.0180. The highest BCUT2D eigenvalue weighted by molar-refractivity contribution is 6.21. The molecular formula is C21H25NO3. The summed E-state index contributed by atoms with van der Waals surface area (Å²) in [6.07, 6.45) is 3.22. The molecule has 0 heterocycles. The molecule has 132 valence electrons. The summed E-state index contributed by atoms with van der Waals surface area (Å²) in [6, 6.07) is 7.33. The molecule has 4 nitrogen and oxygen atoms in total. The topological polar surface area (TPSA) is 55.7 Å². The number of nitrogens with zero attached hydrogens (tertiary/aromatic N) is 1. The molecule has 4 heteroatoms. The van der Waals surface area contributed by atoms with Gasteiger partial charge < -0.3 is 4.84 Å². The van der Waals surface area contributed by atoms with Gasteiger partial charge in [-0.2, -0.15) is 0 Å². The third-order valence-corrected chi connectivity index (χ3v) is 4.16. The van der Waals surface area contributed by atoms with Gasteiger partial charge in [0.1, 0.15) is 5.71 Å². The summed E-state index contributed by atoms with van der Waals surface area (Å²) in [6.45, 7) is 12.0. The second kappa shape index (κ2) is 7.18. The number of ketones is 1. The van der Waals surface area contributed by atoms with Crippen LogP contribution >= 0.6 is 0 Å². The molecule has 0 fully saturated rings. The summed E-state index contributed by atoms with van der Waals surface area (Å²) >= 11 is 0. The average Bonchev–Trinajstić information content (AvgIpc) is 2.52. The van der Waals surface area contributed by atoms with Crippen LogP contribution in [0.2, 0.25) is 0 Å². The van der Waals surface area contributed by atoms with Crippen LogP contribution in [-0.4, -0.2) is 17.5 Å². The summed E-state index contributed by atoms with van der Waals surface area (Å²) in [5.74, 6) is -0.449. The van der Waals surface area contributed by atoms with Crippen molar-refractivity contribution in [1.29, 1.82) is 0 Å². The Bertz CT molecular complexity index is 772. The van der Waals surface area contributed by atoms with Gasteiger partial charge in [-0.05, 0) is 53.7 Å². The Morgan fingerprint density at radius 1 is 1.08 bits per heavy atom. The third-order valence-electron chi connectivity index (χ3n) is 4.16. The molecule has 0 saturated heterocycles. The van der Waals surface area contributed by atoms with E-state index in [1.54, 1.807) is 25.1 Å². The summed E-state index contributed by atoms with van der Waals surface area (Å²) in [5.41, 5.74) is 3.46. The smallest absolute Gasteiger partial charge is 0.312 e. The second-order valence-corrected chi connectivity index (χ2v) is 7.63. The van der Waals surface area contributed by atoms with Crippen LogP contribution in [0.5, 0.6) is 0 Å². The van der Waals surface area contributed by atoms with E-state index in [1.165, 1.54) is 6.08 Å². The quantitative estimate of drug-likeness (QED) is 0.459. The first-order valence-electron chi connectivity index (χ1n) is 8.44. The fourth-order valence-electron chi connectivity index (χ4n) is 2.49. The monoisotopic (exact) mass is 339 g/mol. The van der Waals surface area contributed by atoms with Crippen molar-refractivity contribution in [3.05, 3.63) is 58.7 Å². The van der Waals surface area contributed by atoms with Crippen molar-refractivity contribution in [2.45, 2.75) is 47.0 Å². The molecule has 1 aliphatic rings. The van der Waals surface area contributed by atoms with E-state index in [4.69, 9.17) is 4.84 Å². The number of carbonyl (C=O) groups excluding carboxylic acids is 2. The summed E-state index contributed by atoms with van der Waals surface area (Å²) in [7, 11) is 0. The molecule has 25 heavy (non-hydrogen) atoms. The zero-order chi connectivity index (χ0) is 18.8. The van der Waals surface area contributed by atoms with Crippen molar-refractivity contribution in [2.24, 2.45) is 11.1 Å². The van der Waals surface area contributed by atoms with Gasteiger partial charge in [-0.15, -0.1) is 0 Å². The van der Waals surface area contributed by atoms with Gasteiger partial charge >= 0.3 is 5.97 Å². The van der Waals surface area contributed by atoms with E-state index < -0.39 is 5.97 Å². The van der Waals surface area contributed by atoms with E-state index >= 15 is 0 Å². The Labute approximate surface area is 149 Å². The van der Waals surface area contributed by atoms with E-state index in [1.807, 2.05) is 26.0 Å². The van der Waals surface area contributed by atoms with Gasteiger partial charge in [-0.25, -0.2) is 4.79 Å². The van der Waals surface area contributed by atoms with Crippen LogP contribution in [0, 0.1) is 5.92 Å². The maximum atomic E-state index is 12.2. The van der Waals surface area contributed by atoms with Crippen LogP contribution in [-0.2, 0) is 15.0 Å². The molecule has 1 aliphatic carbocycles. The van der Waals surface area contributed by atoms with Crippen LogP contribution in [0.3, 0.4) is 0 Å². The van der Waals surface area contributed by atoms with Crippen molar-refractivity contribution in [1.82, 2.24) is 0 Å². The number of oxime groups is 1. The van der Waals surface area contributed by atoms with Gasteiger partial charge in [-0.3, -0.25) is 4.79 Å². The Kier molecular flexibility index (Phi) is 5.41. The minimum Gasteiger partial charge on any atom is -0.312 e. The first-order chi connectivity index (χ1) is 11.6. The molecule has 0 unspecified atom stereocenters. The van der Waals surface area contributed by atoms with Gasteiger partial charge in [0.05, 0.1) is 5.56 Å². The lowest BCUT2D eigenvalue weighted by Gasteiger charge is -2.18. The van der Waals surface area contributed by atoms with Crippen molar-refractivity contribution in [3.8, 4) is 0 Å². The van der Waals surface area contributed by atoms with Crippen molar-refractivity contribution in [3.63, 3.8) is 0 Å². The number of allylic oxidation sites excluding steroid dienone is 4. The van der Waals surface area contributed by atoms with Crippen LogP contribution < -0.4 is 0 Å². The van der Waals surface area contributed by atoms with Gasteiger partial charge in [0.25, 0.3) is 0 Å². The lowest BCUT2D eigenvalue weighted by atomic mass is 9.87. The third kappa shape index (κ3) is 4.53. The fraction of sp³-hybridized carbons (Fsp3) is 0.381.